The molecule has 0 saturated heterocycles. The van der Waals surface area contributed by atoms with Gasteiger partial charge in [-0.3, -0.25) is 0 Å². The molecule has 0 unspecified atom stereocenters. The van der Waals surface area contributed by atoms with E-state index in [0.29, 0.717) is 26.6 Å². The van der Waals surface area contributed by atoms with Gasteiger partial charge in [0.05, 0.1) is 6.61 Å². The molecule has 0 rings (SSSR count). The summed E-state index contributed by atoms with van der Waals surface area (Å²) in [4.78, 5) is 0. The number of hydrogen-bond acceptors (Lipinski definition) is 4. The number of ether oxygens (including phenoxy) is 4. The number of methoxy groups -OCH3 is 1. The molecule has 0 heterocycles. The van der Waals surface area contributed by atoms with Gasteiger partial charge in [0, 0.05) is 26.7 Å². The van der Waals surface area contributed by atoms with E-state index in [1.54, 1.807) is 7.11 Å². The molecule has 4 heteroatoms. The van der Waals surface area contributed by atoms with Crippen molar-refractivity contribution in [1.82, 2.24) is 0 Å². The monoisotopic (exact) mass is 246 g/mol. The van der Waals surface area contributed by atoms with Crippen LogP contribution in [0.3, 0.4) is 0 Å². The molecule has 0 fully saturated rings. The van der Waals surface area contributed by atoms with Crippen molar-refractivity contribution in [1.29, 1.82) is 0 Å². The lowest BCUT2D eigenvalue weighted by Crippen LogP contribution is -2.16. The minimum atomic E-state index is -0.0700. The summed E-state index contributed by atoms with van der Waals surface area (Å²) in [6.07, 6.45) is 6.97. The van der Waals surface area contributed by atoms with E-state index in [9.17, 15) is 0 Å². The Morgan fingerprint density at radius 3 is 2.24 bits per heavy atom. The molecule has 0 aliphatic carbocycles. The summed E-state index contributed by atoms with van der Waals surface area (Å²) in [7, 11) is 1.62. The zero-order valence-electron chi connectivity index (χ0n) is 11.3. The molecule has 0 N–H and O–H groups in total. The summed E-state index contributed by atoms with van der Waals surface area (Å²) < 4.78 is 20.8. The second-order valence-electron chi connectivity index (χ2n) is 3.49. The van der Waals surface area contributed by atoms with Crippen molar-refractivity contribution in [2.75, 3.05) is 33.7 Å². The molecule has 102 valence electrons. The van der Waals surface area contributed by atoms with Crippen LogP contribution in [0.25, 0.3) is 0 Å². The highest BCUT2D eigenvalue weighted by atomic mass is 16.7. The van der Waals surface area contributed by atoms with E-state index in [4.69, 9.17) is 18.9 Å². The highest BCUT2D eigenvalue weighted by Crippen LogP contribution is 2.05. The van der Waals surface area contributed by atoms with E-state index < -0.39 is 0 Å². The molecule has 0 saturated carbocycles. The lowest BCUT2D eigenvalue weighted by Gasteiger charge is -2.15. The van der Waals surface area contributed by atoms with Gasteiger partial charge in [-0.1, -0.05) is 12.2 Å². The van der Waals surface area contributed by atoms with Crippen LogP contribution in [0.5, 0.6) is 0 Å². The van der Waals surface area contributed by atoms with Crippen molar-refractivity contribution in [3.05, 3.63) is 12.2 Å². The molecule has 0 aliphatic heterocycles. The van der Waals surface area contributed by atoms with Gasteiger partial charge in [-0.25, -0.2) is 0 Å². The fourth-order valence-electron chi connectivity index (χ4n) is 1.35. The minimum absolute atomic E-state index is 0.0700. The molecule has 4 nitrogen and oxygen atoms in total. The molecule has 0 atom stereocenters. The van der Waals surface area contributed by atoms with Crippen molar-refractivity contribution >= 4 is 0 Å². The number of hydrogen-bond donors (Lipinski definition) is 0. The summed E-state index contributed by atoms with van der Waals surface area (Å²) in [5.41, 5.74) is 0. The molecule has 0 aromatic heterocycles. The van der Waals surface area contributed by atoms with Crippen molar-refractivity contribution in [3.8, 4) is 0 Å². The number of allylic oxidation sites excluding steroid dienone is 1. The fraction of sp³-hybridized carbons (Fsp3) is 0.846. The van der Waals surface area contributed by atoms with Gasteiger partial charge in [0.2, 0.25) is 0 Å². The predicted octanol–water partition coefficient (Wildman–Crippen LogP) is 2.73. The van der Waals surface area contributed by atoms with Crippen molar-refractivity contribution in [2.45, 2.75) is 39.4 Å². The topological polar surface area (TPSA) is 36.9 Å². The van der Waals surface area contributed by atoms with Crippen LogP contribution in [0.15, 0.2) is 12.2 Å². The van der Waals surface area contributed by atoms with Crippen molar-refractivity contribution in [2.24, 2.45) is 0 Å². The van der Waals surface area contributed by atoms with Crippen molar-refractivity contribution in [3.63, 3.8) is 0 Å². The van der Waals surface area contributed by atoms with E-state index in [2.05, 4.69) is 12.2 Å². The van der Waals surface area contributed by atoms with Gasteiger partial charge < -0.3 is 18.9 Å². The molecular formula is C13H26O4. The lowest BCUT2D eigenvalue weighted by atomic mass is 10.2. The molecule has 0 aromatic rings. The minimum Gasteiger partial charge on any atom is -0.359 e. The normalized spacial score (nSPS) is 11.8. The van der Waals surface area contributed by atoms with Gasteiger partial charge in [0.25, 0.3) is 0 Å². The van der Waals surface area contributed by atoms with Gasteiger partial charge in [-0.2, -0.15) is 0 Å². The molecule has 17 heavy (non-hydrogen) atoms. The smallest absolute Gasteiger partial charge is 0.157 e. The number of rotatable bonds is 12. The van der Waals surface area contributed by atoms with Crippen LogP contribution in [-0.4, -0.2) is 40.0 Å². The predicted molar refractivity (Wildman–Crippen MR) is 67.9 cm³/mol. The lowest BCUT2D eigenvalue weighted by molar-refractivity contribution is -0.138. The summed E-state index contributed by atoms with van der Waals surface area (Å²) in [5.74, 6) is 0. The van der Waals surface area contributed by atoms with Crippen LogP contribution in [0, 0.1) is 0 Å². The molecule has 0 spiro atoms. The largest absolute Gasteiger partial charge is 0.359 e. The van der Waals surface area contributed by atoms with Gasteiger partial charge >= 0.3 is 0 Å². The van der Waals surface area contributed by atoms with E-state index in [1.165, 1.54) is 0 Å². The molecular weight excluding hydrogens is 220 g/mol. The fourth-order valence-corrected chi connectivity index (χ4v) is 1.35. The first-order valence-corrected chi connectivity index (χ1v) is 6.30. The Balaban J connectivity index is 3.41. The Kier molecular flexibility index (Phi) is 13.3. The quantitative estimate of drug-likeness (QED) is 0.301. The Labute approximate surface area is 105 Å². The maximum atomic E-state index is 5.44. The maximum absolute atomic E-state index is 5.44. The Morgan fingerprint density at radius 2 is 1.65 bits per heavy atom. The third-order valence-corrected chi connectivity index (χ3v) is 2.07. The Morgan fingerprint density at radius 1 is 1.00 bits per heavy atom. The molecule has 0 aromatic carbocycles. The third kappa shape index (κ3) is 11.8. The van der Waals surface area contributed by atoms with Crippen LogP contribution in [0.4, 0.5) is 0 Å². The first-order valence-electron chi connectivity index (χ1n) is 6.30. The maximum Gasteiger partial charge on any atom is 0.157 e. The van der Waals surface area contributed by atoms with Crippen LogP contribution < -0.4 is 0 Å². The standard InChI is InChI=1S/C13H26O4/c1-4-16-13(17-5-2)10-8-6-7-9-11-15-12-14-3/h6-7,13H,4-5,8-12H2,1-3H3/b7-6-. The molecule has 0 amide bonds. The highest BCUT2D eigenvalue weighted by molar-refractivity contribution is 4.81. The van der Waals surface area contributed by atoms with Gasteiger partial charge in [0.15, 0.2) is 6.29 Å². The second kappa shape index (κ2) is 13.6. The van der Waals surface area contributed by atoms with E-state index in [1.807, 2.05) is 13.8 Å². The van der Waals surface area contributed by atoms with E-state index in [-0.39, 0.29) is 6.29 Å². The summed E-state index contributed by atoms with van der Waals surface area (Å²) in [5, 5.41) is 0. The highest BCUT2D eigenvalue weighted by Gasteiger charge is 2.05. The molecule has 0 radical (unpaired) electrons. The SMILES string of the molecule is CCOC(CC/C=C\CCOCOC)OCC. The molecule has 0 aliphatic rings. The van der Waals surface area contributed by atoms with Crippen molar-refractivity contribution < 1.29 is 18.9 Å². The Hall–Kier alpha value is -0.420. The second-order valence-corrected chi connectivity index (χ2v) is 3.49. The summed E-state index contributed by atoms with van der Waals surface area (Å²) >= 11 is 0. The van der Waals surface area contributed by atoms with Gasteiger partial charge in [-0.15, -0.1) is 0 Å². The van der Waals surface area contributed by atoms with Crippen LogP contribution in [0.1, 0.15) is 33.1 Å². The molecule has 0 bridgehead atoms. The summed E-state index contributed by atoms with van der Waals surface area (Å²) in [6, 6.07) is 0. The third-order valence-electron chi connectivity index (χ3n) is 2.07. The van der Waals surface area contributed by atoms with Crippen LogP contribution >= 0.6 is 0 Å². The average Bonchev–Trinajstić information content (AvgIpc) is 2.33. The Bertz CT molecular complexity index is 165. The first kappa shape index (κ1) is 16.6. The van der Waals surface area contributed by atoms with E-state index >= 15 is 0 Å². The first-order chi connectivity index (χ1) is 8.35. The average molecular weight is 246 g/mol. The van der Waals surface area contributed by atoms with E-state index in [0.717, 1.165) is 19.3 Å². The summed E-state index contributed by atoms with van der Waals surface area (Å²) in [6.45, 7) is 6.41. The van der Waals surface area contributed by atoms with Crippen LogP contribution in [0.2, 0.25) is 0 Å². The zero-order valence-corrected chi connectivity index (χ0v) is 11.3. The zero-order chi connectivity index (χ0) is 12.8. The van der Waals surface area contributed by atoms with Gasteiger partial charge in [0.1, 0.15) is 6.79 Å². The van der Waals surface area contributed by atoms with Gasteiger partial charge in [-0.05, 0) is 26.7 Å². The van der Waals surface area contributed by atoms with Crippen LogP contribution in [-0.2, 0) is 18.9 Å².